The van der Waals surface area contributed by atoms with E-state index in [1.54, 1.807) is 35.5 Å². The molecule has 3 atom stereocenters. The molecule has 7 rings (SSSR count). The van der Waals surface area contributed by atoms with Gasteiger partial charge in [0.1, 0.15) is 12.4 Å². The van der Waals surface area contributed by atoms with Gasteiger partial charge in [0.2, 0.25) is 11.8 Å². The number of fused-ring (bicyclic) bond motifs is 5. The summed E-state index contributed by atoms with van der Waals surface area (Å²) in [6.45, 7) is 12.1. The maximum Gasteiger partial charge on any atom is 0.264 e. The molecule has 1 saturated heterocycles. The molecule has 0 spiro atoms. The van der Waals surface area contributed by atoms with Crippen LogP contribution >= 0.6 is 0 Å². The molecule has 4 bridgehead atoms. The van der Waals surface area contributed by atoms with Crippen LogP contribution < -0.4 is 14.4 Å². The van der Waals surface area contributed by atoms with Crippen molar-refractivity contribution in [3.63, 3.8) is 0 Å². The zero-order valence-corrected chi connectivity index (χ0v) is 30.6. The number of benzene rings is 2. The first-order valence-corrected chi connectivity index (χ1v) is 19.0. The van der Waals surface area contributed by atoms with E-state index in [0.29, 0.717) is 17.8 Å². The van der Waals surface area contributed by atoms with Crippen molar-refractivity contribution < 1.29 is 22.7 Å². The van der Waals surface area contributed by atoms with Crippen molar-refractivity contribution in [1.82, 2.24) is 24.8 Å². The highest BCUT2D eigenvalue weighted by atomic mass is 32.2. The van der Waals surface area contributed by atoms with E-state index in [1.807, 2.05) is 32.0 Å². The average Bonchev–Trinajstić information content (AvgIpc) is 3.21. The molecular weight excluding hydrogens is 667 g/mol. The predicted octanol–water partition coefficient (Wildman–Crippen LogP) is 5.95. The van der Waals surface area contributed by atoms with Crippen molar-refractivity contribution in [3.8, 4) is 17.1 Å². The van der Waals surface area contributed by atoms with E-state index in [2.05, 4.69) is 45.3 Å². The molecule has 268 valence electrons. The molecule has 2 aromatic heterocycles. The molecule has 0 radical (unpaired) electrons. The first kappa shape index (κ1) is 34.8. The first-order chi connectivity index (χ1) is 24.3. The normalized spacial score (nSPS) is 21.8. The standard InChI is InChI=1S/C38H45N7O5S/c1-24-9-6-10-25(2)35(24)30-18-34-42-37(41-30)43-51(47,48)29-12-7-11-26(17-29)36(46)45(28(23-50-34)19-38(3,4)5)22-27-20-39-21-33(40-27)44-15-8-16-49-32-14-13-31(32)44/h6-7,9-12,17-18,20-21,28,31-32H,8,13-16,19,22-23H2,1-5H3,(H,41,42,43)/t28-,31?,32+/m1/s1. The van der Waals surface area contributed by atoms with Gasteiger partial charge in [0.05, 0.1) is 53.4 Å². The number of nitrogens with zero attached hydrogens (tertiary/aromatic N) is 6. The number of carbonyl (C=O) groups excluding carboxylic acids is 1. The van der Waals surface area contributed by atoms with Gasteiger partial charge in [-0.1, -0.05) is 45.0 Å². The van der Waals surface area contributed by atoms with Crippen molar-refractivity contribution >= 4 is 27.7 Å². The van der Waals surface area contributed by atoms with Gasteiger partial charge in [0.25, 0.3) is 15.9 Å². The van der Waals surface area contributed by atoms with Gasteiger partial charge in [0.15, 0.2) is 0 Å². The lowest BCUT2D eigenvalue weighted by Gasteiger charge is -2.42. The SMILES string of the molecule is Cc1cccc(C)c1-c1cc2nc(n1)NS(=O)(=O)c1cccc(c1)C(=O)N(Cc1cncc(N3CCCO[C@H]4CCC43)n1)[C@H](CC(C)(C)C)CO2. The minimum atomic E-state index is -4.18. The van der Waals surface area contributed by atoms with Crippen LogP contribution in [-0.2, 0) is 21.3 Å². The molecule has 3 aliphatic rings. The van der Waals surface area contributed by atoms with Crippen molar-refractivity contribution in [2.75, 3.05) is 29.4 Å². The summed E-state index contributed by atoms with van der Waals surface area (Å²) in [5.74, 6) is 0.497. The molecule has 2 aromatic carbocycles. The van der Waals surface area contributed by atoms with Crippen molar-refractivity contribution in [3.05, 3.63) is 83.3 Å². The fraction of sp³-hybridized carbons (Fsp3) is 0.447. The number of aryl methyl sites for hydroxylation is 2. The zero-order valence-electron chi connectivity index (χ0n) is 29.8. The van der Waals surface area contributed by atoms with Gasteiger partial charge in [-0.25, -0.2) is 23.1 Å². The Labute approximate surface area is 299 Å². The van der Waals surface area contributed by atoms with E-state index in [4.69, 9.17) is 14.5 Å². The van der Waals surface area contributed by atoms with E-state index < -0.39 is 16.1 Å². The number of rotatable bonds is 5. The monoisotopic (exact) mass is 711 g/mol. The summed E-state index contributed by atoms with van der Waals surface area (Å²) >= 11 is 0. The van der Waals surface area contributed by atoms with Crippen LogP contribution in [0.3, 0.4) is 0 Å². The van der Waals surface area contributed by atoms with Gasteiger partial charge in [-0.3, -0.25) is 9.78 Å². The number of amides is 1. The summed E-state index contributed by atoms with van der Waals surface area (Å²) in [4.78, 5) is 37.3. The van der Waals surface area contributed by atoms with Crippen LogP contribution in [0.15, 0.2) is 65.8 Å². The predicted molar refractivity (Wildman–Crippen MR) is 194 cm³/mol. The Hall–Kier alpha value is -4.62. The lowest BCUT2D eigenvalue weighted by molar-refractivity contribution is -0.00318. The highest BCUT2D eigenvalue weighted by molar-refractivity contribution is 7.92. The van der Waals surface area contributed by atoms with Gasteiger partial charge in [-0.2, -0.15) is 4.98 Å². The molecule has 1 saturated carbocycles. The average molecular weight is 712 g/mol. The third-order valence-corrected chi connectivity index (χ3v) is 11.1. The number of hydrogen-bond donors (Lipinski definition) is 1. The van der Waals surface area contributed by atoms with Crippen LogP contribution in [0.4, 0.5) is 11.8 Å². The first-order valence-electron chi connectivity index (χ1n) is 17.6. The molecule has 1 N–H and O–H groups in total. The lowest BCUT2D eigenvalue weighted by Crippen LogP contribution is -2.51. The van der Waals surface area contributed by atoms with Crippen LogP contribution in [0.1, 0.15) is 73.6 Å². The number of ether oxygens (including phenoxy) is 2. The summed E-state index contributed by atoms with van der Waals surface area (Å²) in [5, 5.41) is 0. The Kier molecular flexibility index (Phi) is 9.44. The summed E-state index contributed by atoms with van der Waals surface area (Å²) < 4.78 is 42.5. The Balaban J connectivity index is 1.31. The number of anilines is 2. The molecule has 1 amide bonds. The second kappa shape index (κ2) is 13.8. The van der Waals surface area contributed by atoms with E-state index in [-0.39, 0.29) is 58.9 Å². The molecule has 12 nitrogen and oxygen atoms in total. The van der Waals surface area contributed by atoms with Gasteiger partial charge in [0, 0.05) is 30.3 Å². The molecule has 1 aliphatic carbocycles. The fourth-order valence-electron chi connectivity index (χ4n) is 7.25. The Morgan fingerprint density at radius 1 is 0.980 bits per heavy atom. The fourth-order valence-corrected chi connectivity index (χ4v) is 8.24. The molecule has 1 unspecified atom stereocenters. The van der Waals surface area contributed by atoms with Gasteiger partial charge < -0.3 is 19.3 Å². The second-order valence-electron chi connectivity index (χ2n) is 14.9. The number of hydrogen-bond acceptors (Lipinski definition) is 10. The summed E-state index contributed by atoms with van der Waals surface area (Å²) in [6, 6.07) is 13.5. The van der Waals surface area contributed by atoms with Gasteiger partial charge >= 0.3 is 0 Å². The second-order valence-corrected chi connectivity index (χ2v) is 16.6. The highest BCUT2D eigenvalue weighted by Gasteiger charge is 2.39. The Morgan fingerprint density at radius 3 is 2.51 bits per heavy atom. The molecular formula is C38H45N7O5S. The highest BCUT2D eigenvalue weighted by Crippen LogP contribution is 2.35. The van der Waals surface area contributed by atoms with E-state index in [9.17, 15) is 13.2 Å². The van der Waals surface area contributed by atoms with Crippen molar-refractivity contribution in [2.45, 2.75) is 89.9 Å². The number of sulfonamides is 1. The van der Waals surface area contributed by atoms with E-state index >= 15 is 0 Å². The number of aromatic nitrogens is 4. The van der Waals surface area contributed by atoms with Crippen LogP contribution in [0.5, 0.6) is 5.88 Å². The largest absolute Gasteiger partial charge is 0.475 e. The molecule has 51 heavy (non-hydrogen) atoms. The quantitative estimate of drug-likeness (QED) is 0.264. The molecule has 4 aromatic rings. The minimum Gasteiger partial charge on any atom is -0.475 e. The van der Waals surface area contributed by atoms with Crippen molar-refractivity contribution in [1.29, 1.82) is 0 Å². The minimum absolute atomic E-state index is 0.0799. The van der Waals surface area contributed by atoms with Crippen LogP contribution in [0, 0.1) is 19.3 Å². The summed E-state index contributed by atoms with van der Waals surface area (Å²) in [7, 11) is -4.18. The Bertz CT molecular complexity index is 2030. The smallest absolute Gasteiger partial charge is 0.264 e. The topological polar surface area (TPSA) is 140 Å². The lowest BCUT2D eigenvalue weighted by atomic mass is 9.87. The summed E-state index contributed by atoms with van der Waals surface area (Å²) in [6.07, 6.45) is 7.23. The molecule has 13 heteroatoms. The van der Waals surface area contributed by atoms with E-state index in [1.165, 1.54) is 12.1 Å². The third-order valence-electron chi connectivity index (χ3n) is 9.78. The number of nitrogens with one attached hydrogen (secondary N) is 1. The maximum absolute atomic E-state index is 14.6. The van der Waals surface area contributed by atoms with Gasteiger partial charge in [-0.05, 0) is 74.3 Å². The van der Waals surface area contributed by atoms with Gasteiger partial charge in [-0.15, -0.1) is 0 Å². The summed E-state index contributed by atoms with van der Waals surface area (Å²) in [5.41, 5.74) is 3.99. The molecule has 4 heterocycles. The Morgan fingerprint density at radius 2 is 1.76 bits per heavy atom. The van der Waals surface area contributed by atoms with Crippen LogP contribution in [0.2, 0.25) is 0 Å². The van der Waals surface area contributed by atoms with Crippen LogP contribution in [-0.4, -0.2) is 77.1 Å². The van der Waals surface area contributed by atoms with Crippen molar-refractivity contribution in [2.24, 2.45) is 5.41 Å². The third kappa shape index (κ3) is 7.55. The number of carbonyl (C=O) groups is 1. The molecule has 2 aliphatic heterocycles. The van der Waals surface area contributed by atoms with E-state index in [0.717, 1.165) is 54.9 Å². The zero-order chi connectivity index (χ0) is 35.9. The molecule has 2 fully saturated rings. The maximum atomic E-state index is 14.6. The van der Waals surface area contributed by atoms with Crippen LogP contribution in [0.25, 0.3) is 11.3 Å².